The van der Waals surface area contributed by atoms with Gasteiger partial charge >= 0.3 is 0 Å². The number of para-hydroxylation sites is 1. The van der Waals surface area contributed by atoms with Crippen LogP contribution in [0.3, 0.4) is 0 Å². The Morgan fingerprint density at radius 3 is 2.32 bits per heavy atom. The van der Waals surface area contributed by atoms with E-state index in [2.05, 4.69) is 20.8 Å². The molecular weight excluding hydrogens is 424 g/mol. The van der Waals surface area contributed by atoms with E-state index in [-0.39, 0.29) is 11.6 Å². The summed E-state index contributed by atoms with van der Waals surface area (Å²) in [6.07, 6.45) is 6.95. The Labute approximate surface area is 197 Å². The summed E-state index contributed by atoms with van der Waals surface area (Å²) >= 11 is 0. The molecule has 4 aromatic rings. The maximum atomic E-state index is 12.9. The maximum absolute atomic E-state index is 12.9. The summed E-state index contributed by atoms with van der Waals surface area (Å²) in [4.78, 5) is 28.8. The molecule has 0 saturated carbocycles. The van der Waals surface area contributed by atoms with Crippen LogP contribution in [0, 0.1) is 0 Å². The van der Waals surface area contributed by atoms with E-state index in [1.54, 1.807) is 36.6 Å². The number of amides is 2. The molecular formula is C28H24N4O2. The van der Waals surface area contributed by atoms with Gasteiger partial charge in [-0.15, -0.1) is 0 Å². The van der Waals surface area contributed by atoms with E-state index < -0.39 is 5.91 Å². The predicted octanol–water partition coefficient (Wildman–Crippen LogP) is 5.04. The normalized spacial score (nSPS) is 12.1. The van der Waals surface area contributed by atoms with E-state index in [0.717, 1.165) is 27.6 Å². The number of hydrazone groups is 1. The number of benzene rings is 3. The molecule has 3 aromatic carbocycles. The van der Waals surface area contributed by atoms with Crippen molar-refractivity contribution in [3.8, 4) is 0 Å². The first kappa shape index (κ1) is 22.5. The van der Waals surface area contributed by atoms with Crippen LogP contribution in [-0.4, -0.2) is 23.0 Å². The highest BCUT2D eigenvalue weighted by atomic mass is 16.2. The average molecular weight is 449 g/mol. The van der Waals surface area contributed by atoms with E-state index >= 15 is 0 Å². The van der Waals surface area contributed by atoms with Gasteiger partial charge < -0.3 is 10.3 Å². The fourth-order valence-electron chi connectivity index (χ4n) is 3.45. The van der Waals surface area contributed by atoms with Gasteiger partial charge in [0.25, 0.3) is 11.8 Å². The van der Waals surface area contributed by atoms with Crippen molar-refractivity contribution in [2.24, 2.45) is 5.10 Å². The minimum atomic E-state index is -0.527. The second-order valence-corrected chi connectivity index (χ2v) is 7.67. The molecule has 4 rings (SSSR count). The third kappa shape index (κ3) is 5.75. The first-order valence-corrected chi connectivity index (χ1v) is 10.8. The number of carbonyl (C=O) groups is 2. The Kier molecular flexibility index (Phi) is 7.10. The molecule has 0 aliphatic rings. The zero-order valence-corrected chi connectivity index (χ0v) is 18.7. The SMILES string of the molecule is CC(=Cc1ccccc1)C=C(NC(=O)c1ccccc1)C(=O)N/N=C/c1c[nH]c2ccccc12. The smallest absolute Gasteiger partial charge is 0.287 e. The van der Waals surface area contributed by atoms with Crippen LogP contribution in [0.1, 0.15) is 28.4 Å². The fourth-order valence-corrected chi connectivity index (χ4v) is 3.45. The molecule has 34 heavy (non-hydrogen) atoms. The number of hydrogen-bond donors (Lipinski definition) is 3. The van der Waals surface area contributed by atoms with E-state index in [1.807, 2.05) is 79.9 Å². The van der Waals surface area contributed by atoms with Crippen LogP contribution < -0.4 is 10.7 Å². The number of hydrogen-bond acceptors (Lipinski definition) is 3. The molecule has 0 aliphatic heterocycles. The van der Waals surface area contributed by atoms with Crippen molar-refractivity contribution in [1.29, 1.82) is 0 Å². The molecule has 3 N–H and O–H groups in total. The quantitative estimate of drug-likeness (QED) is 0.160. The van der Waals surface area contributed by atoms with Gasteiger partial charge in [0.15, 0.2) is 0 Å². The first-order valence-electron chi connectivity index (χ1n) is 10.8. The first-order chi connectivity index (χ1) is 16.6. The van der Waals surface area contributed by atoms with Gasteiger partial charge in [-0.3, -0.25) is 9.59 Å². The van der Waals surface area contributed by atoms with Crippen LogP contribution in [0.25, 0.3) is 17.0 Å². The van der Waals surface area contributed by atoms with Crippen LogP contribution in [0.5, 0.6) is 0 Å². The highest BCUT2D eigenvalue weighted by Gasteiger charge is 2.14. The molecule has 0 bridgehead atoms. The highest BCUT2D eigenvalue weighted by Crippen LogP contribution is 2.15. The second kappa shape index (κ2) is 10.7. The lowest BCUT2D eigenvalue weighted by Crippen LogP contribution is -2.33. The molecule has 0 spiro atoms. The van der Waals surface area contributed by atoms with Crippen LogP contribution in [0.2, 0.25) is 0 Å². The number of aromatic amines is 1. The van der Waals surface area contributed by atoms with E-state index in [1.165, 1.54) is 0 Å². The number of nitrogens with one attached hydrogen (secondary N) is 3. The zero-order valence-electron chi connectivity index (χ0n) is 18.7. The van der Waals surface area contributed by atoms with Crippen LogP contribution in [-0.2, 0) is 4.79 Å². The number of rotatable bonds is 7. The molecule has 0 radical (unpaired) electrons. The lowest BCUT2D eigenvalue weighted by Gasteiger charge is -2.09. The van der Waals surface area contributed by atoms with Crippen LogP contribution in [0.4, 0.5) is 0 Å². The van der Waals surface area contributed by atoms with Crippen molar-refractivity contribution in [3.05, 3.63) is 125 Å². The molecule has 2 amide bonds. The van der Waals surface area contributed by atoms with Crippen LogP contribution in [0.15, 0.2) is 114 Å². The lowest BCUT2D eigenvalue weighted by atomic mass is 10.1. The van der Waals surface area contributed by atoms with Crippen molar-refractivity contribution in [2.45, 2.75) is 6.92 Å². The Morgan fingerprint density at radius 1 is 0.882 bits per heavy atom. The molecule has 1 aromatic heterocycles. The van der Waals surface area contributed by atoms with Gasteiger partial charge in [0.2, 0.25) is 0 Å². The largest absolute Gasteiger partial charge is 0.361 e. The number of carbonyl (C=O) groups excluding carboxylic acids is 2. The van der Waals surface area contributed by atoms with Gasteiger partial charge in [-0.25, -0.2) is 5.43 Å². The molecule has 0 unspecified atom stereocenters. The highest BCUT2D eigenvalue weighted by molar-refractivity contribution is 6.04. The summed E-state index contributed by atoms with van der Waals surface area (Å²) < 4.78 is 0. The van der Waals surface area contributed by atoms with Gasteiger partial charge in [-0.2, -0.15) is 5.10 Å². The molecule has 1 heterocycles. The second-order valence-electron chi connectivity index (χ2n) is 7.67. The number of aromatic nitrogens is 1. The van der Waals surface area contributed by atoms with Crippen molar-refractivity contribution in [3.63, 3.8) is 0 Å². The summed E-state index contributed by atoms with van der Waals surface area (Å²) in [5.74, 6) is -0.906. The Balaban J connectivity index is 1.55. The van der Waals surface area contributed by atoms with E-state index in [0.29, 0.717) is 5.56 Å². The molecule has 0 atom stereocenters. The van der Waals surface area contributed by atoms with Crippen molar-refractivity contribution < 1.29 is 9.59 Å². The maximum Gasteiger partial charge on any atom is 0.287 e. The number of nitrogens with zero attached hydrogens (tertiary/aromatic N) is 1. The monoisotopic (exact) mass is 448 g/mol. The fraction of sp³-hybridized carbons (Fsp3) is 0.0357. The topological polar surface area (TPSA) is 86.3 Å². The zero-order chi connectivity index (χ0) is 23.8. The predicted molar refractivity (Wildman–Crippen MR) is 136 cm³/mol. The Bertz CT molecular complexity index is 1380. The van der Waals surface area contributed by atoms with Gasteiger partial charge in [0.1, 0.15) is 5.70 Å². The molecule has 0 aliphatic carbocycles. The molecule has 6 nitrogen and oxygen atoms in total. The van der Waals surface area contributed by atoms with Gasteiger partial charge in [-0.05, 0) is 42.3 Å². The Morgan fingerprint density at radius 2 is 1.56 bits per heavy atom. The minimum absolute atomic E-state index is 0.0922. The van der Waals surface area contributed by atoms with Crippen LogP contribution >= 0.6 is 0 Å². The number of fused-ring (bicyclic) bond motifs is 1. The summed E-state index contributed by atoms with van der Waals surface area (Å²) in [6.45, 7) is 1.87. The summed E-state index contributed by atoms with van der Waals surface area (Å²) in [6, 6.07) is 26.3. The number of H-pyrrole nitrogens is 1. The van der Waals surface area contributed by atoms with Gasteiger partial charge in [-0.1, -0.05) is 72.8 Å². The van der Waals surface area contributed by atoms with E-state index in [9.17, 15) is 9.59 Å². The van der Waals surface area contributed by atoms with E-state index in [4.69, 9.17) is 0 Å². The standard InChI is InChI=1S/C28H24N4O2/c1-20(16-21-10-4-2-5-11-21)17-26(31-27(33)22-12-6-3-7-13-22)28(34)32-30-19-23-18-29-25-15-9-8-14-24(23)25/h2-19,29H,1H3,(H,31,33)(H,32,34)/b20-16?,26-17?,30-19+. The summed E-state index contributed by atoms with van der Waals surface area (Å²) in [7, 11) is 0. The molecule has 6 heteroatoms. The third-order valence-electron chi connectivity index (χ3n) is 5.09. The Hall–Kier alpha value is -4.71. The van der Waals surface area contributed by atoms with Gasteiger partial charge in [0.05, 0.1) is 6.21 Å². The summed E-state index contributed by atoms with van der Waals surface area (Å²) in [5, 5.41) is 7.81. The van der Waals surface area contributed by atoms with Crippen molar-refractivity contribution in [1.82, 2.24) is 15.7 Å². The van der Waals surface area contributed by atoms with Crippen molar-refractivity contribution in [2.75, 3.05) is 0 Å². The summed E-state index contributed by atoms with van der Waals surface area (Å²) in [5.41, 5.74) is 6.67. The lowest BCUT2D eigenvalue weighted by molar-refractivity contribution is -0.117. The third-order valence-corrected chi connectivity index (χ3v) is 5.09. The van der Waals surface area contributed by atoms with Crippen molar-refractivity contribution >= 4 is 35.0 Å². The molecule has 168 valence electrons. The average Bonchev–Trinajstić information content (AvgIpc) is 3.27. The van der Waals surface area contributed by atoms with Gasteiger partial charge in [0, 0.05) is 28.2 Å². The number of allylic oxidation sites excluding steroid dienone is 2. The molecule has 0 fully saturated rings. The minimum Gasteiger partial charge on any atom is -0.361 e. The molecule has 0 saturated heterocycles.